The predicted molar refractivity (Wildman–Crippen MR) is 64.1 cm³/mol. The predicted octanol–water partition coefficient (Wildman–Crippen LogP) is 1.33. The van der Waals surface area contributed by atoms with Crippen LogP contribution in [0.1, 0.15) is 30.3 Å². The van der Waals surface area contributed by atoms with E-state index >= 15 is 0 Å². The van der Waals surface area contributed by atoms with Gasteiger partial charge >= 0.3 is 0 Å². The third-order valence-corrected chi connectivity index (χ3v) is 2.99. The summed E-state index contributed by atoms with van der Waals surface area (Å²) in [6.07, 6.45) is 2.38. The molecule has 15 heavy (non-hydrogen) atoms. The van der Waals surface area contributed by atoms with Gasteiger partial charge in [0.05, 0.1) is 10.6 Å². The first-order valence-electron chi connectivity index (χ1n) is 5.54. The fraction of sp³-hybridized carbons (Fsp3) is 0.800. The van der Waals surface area contributed by atoms with Crippen LogP contribution >= 0.6 is 11.5 Å². The van der Waals surface area contributed by atoms with E-state index in [0.29, 0.717) is 0 Å². The number of hydrogen-bond acceptors (Lipinski definition) is 5. The van der Waals surface area contributed by atoms with Gasteiger partial charge in [-0.1, -0.05) is 11.4 Å². The number of hydrogen-bond donors (Lipinski definition) is 2. The molecule has 0 bridgehead atoms. The zero-order valence-electron chi connectivity index (χ0n) is 9.55. The first kappa shape index (κ1) is 12.5. The summed E-state index contributed by atoms with van der Waals surface area (Å²) in [4.78, 5) is 1.25. The number of nitrogens with one attached hydrogen (secondary N) is 2. The summed E-state index contributed by atoms with van der Waals surface area (Å²) in [7, 11) is 0. The molecule has 1 aromatic rings. The summed E-state index contributed by atoms with van der Waals surface area (Å²) in [5.74, 6) is 0. The van der Waals surface area contributed by atoms with E-state index in [2.05, 4.69) is 27.1 Å². The fourth-order valence-electron chi connectivity index (χ4n) is 1.26. The topological polar surface area (TPSA) is 49.8 Å². The highest BCUT2D eigenvalue weighted by molar-refractivity contribution is 7.05. The van der Waals surface area contributed by atoms with Crippen molar-refractivity contribution in [1.29, 1.82) is 0 Å². The molecule has 0 aliphatic carbocycles. The van der Waals surface area contributed by atoms with Gasteiger partial charge in [0, 0.05) is 6.54 Å². The highest BCUT2D eigenvalue weighted by Gasteiger charge is 2.00. The third-order valence-electron chi connectivity index (χ3n) is 2.16. The molecular formula is C10H20N4S. The number of aryl methyl sites for hydroxylation is 1. The van der Waals surface area contributed by atoms with Gasteiger partial charge in [0.2, 0.25) is 0 Å². The molecular weight excluding hydrogens is 208 g/mol. The van der Waals surface area contributed by atoms with E-state index in [1.54, 1.807) is 0 Å². The van der Waals surface area contributed by atoms with Crippen LogP contribution in [0.15, 0.2) is 0 Å². The first-order valence-corrected chi connectivity index (χ1v) is 6.31. The summed E-state index contributed by atoms with van der Waals surface area (Å²) in [5.41, 5.74) is 1.05. The highest BCUT2D eigenvalue weighted by atomic mass is 32.1. The van der Waals surface area contributed by atoms with Crippen LogP contribution in [0.25, 0.3) is 0 Å². The van der Waals surface area contributed by atoms with Crippen LogP contribution in [0, 0.1) is 6.92 Å². The van der Waals surface area contributed by atoms with Crippen molar-refractivity contribution >= 4 is 11.5 Å². The second kappa shape index (κ2) is 7.73. The Bertz CT molecular complexity index is 262. The third kappa shape index (κ3) is 5.20. The zero-order valence-corrected chi connectivity index (χ0v) is 10.4. The van der Waals surface area contributed by atoms with Crippen molar-refractivity contribution in [2.24, 2.45) is 0 Å². The van der Waals surface area contributed by atoms with Crippen molar-refractivity contribution in [1.82, 2.24) is 20.2 Å². The van der Waals surface area contributed by atoms with Crippen molar-refractivity contribution < 1.29 is 0 Å². The molecule has 0 aliphatic heterocycles. The second-order valence-corrected chi connectivity index (χ2v) is 4.40. The van der Waals surface area contributed by atoms with Crippen LogP contribution in [-0.2, 0) is 6.54 Å². The van der Waals surface area contributed by atoms with E-state index < -0.39 is 0 Å². The van der Waals surface area contributed by atoms with Crippen molar-refractivity contribution in [2.45, 2.75) is 33.2 Å². The molecule has 0 unspecified atom stereocenters. The van der Waals surface area contributed by atoms with Crippen LogP contribution in [-0.4, -0.2) is 29.2 Å². The van der Waals surface area contributed by atoms with E-state index in [-0.39, 0.29) is 0 Å². The van der Waals surface area contributed by atoms with Crippen molar-refractivity contribution in [3.8, 4) is 0 Å². The van der Waals surface area contributed by atoms with Gasteiger partial charge in [0.25, 0.3) is 0 Å². The Balaban J connectivity index is 1.96. The minimum atomic E-state index is 0.900. The molecule has 2 N–H and O–H groups in total. The lowest BCUT2D eigenvalue weighted by atomic mass is 10.3. The van der Waals surface area contributed by atoms with Crippen LogP contribution < -0.4 is 10.6 Å². The van der Waals surface area contributed by atoms with Crippen molar-refractivity contribution in [3.05, 3.63) is 10.6 Å². The Morgan fingerprint density at radius 1 is 1.20 bits per heavy atom. The molecule has 0 saturated carbocycles. The van der Waals surface area contributed by atoms with E-state index in [1.807, 2.05) is 6.92 Å². The minimum absolute atomic E-state index is 0.900. The average molecular weight is 228 g/mol. The number of nitrogens with zero attached hydrogens (tertiary/aromatic N) is 2. The van der Waals surface area contributed by atoms with Crippen molar-refractivity contribution in [2.75, 3.05) is 19.6 Å². The van der Waals surface area contributed by atoms with Gasteiger partial charge in [-0.3, -0.25) is 0 Å². The van der Waals surface area contributed by atoms with E-state index in [4.69, 9.17) is 0 Å². The largest absolute Gasteiger partial charge is 0.317 e. The Hall–Kier alpha value is -0.520. The lowest BCUT2D eigenvalue weighted by Gasteiger charge is -2.04. The van der Waals surface area contributed by atoms with Crippen LogP contribution in [0.3, 0.4) is 0 Å². The molecule has 0 saturated heterocycles. The summed E-state index contributed by atoms with van der Waals surface area (Å²) in [6, 6.07) is 0. The quantitative estimate of drug-likeness (QED) is 0.659. The molecule has 0 aromatic carbocycles. The van der Waals surface area contributed by atoms with Gasteiger partial charge in [-0.25, -0.2) is 0 Å². The number of rotatable bonds is 8. The summed E-state index contributed by atoms with van der Waals surface area (Å²) < 4.78 is 3.90. The van der Waals surface area contributed by atoms with E-state index in [0.717, 1.165) is 31.9 Å². The average Bonchev–Trinajstić information content (AvgIpc) is 2.63. The molecule has 0 amide bonds. The van der Waals surface area contributed by atoms with Gasteiger partial charge in [-0.15, -0.1) is 5.10 Å². The zero-order chi connectivity index (χ0) is 10.9. The second-order valence-electron chi connectivity index (χ2n) is 3.56. The van der Waals surface area contributed by atoms with Crippen LogP contribution in [0.2, 0.25) is 0 Å². The summed E-state index contributed by atoms with van der Waals surface area (Å²) >= 11 is 1.48. The molecule has 1 rings (SSSR count). The molecule has 0 aliphatic rings. The smallest absolute Gasteiger partial charge is 0.0769 e. The maximum atomic E-state index is 3.97. The Labute approximate surface area is 95.6 Å². The fourth-order valence-corrected chi connectivity index (χ4v) is 1.86. The molecule has 0 fully saturated rings. The maximum Gasteiger partial charge on any atom is 0.0769 e. The lowest BCUT2D eigenvalue weighted by molar-refractivity contribution is 0.593. The van der Waals surface area contributed by atoms with Gasteiger partial charge < -0.3 is 10.6 Å². The minimum Gasteiger partial charge on any atom is -0.317 e. The molecule has 0 atom stereocenters. The lowest BCUT2D eigenvalue weighted by Crippen LogP contribution is -2.22. The number of aromatic nitrogens is 2. The standard InChI is InChI=1S/C10H20N4S/c1-3-5-11-6-4-7-12-8-10-9(2)13-14-15-10/h11-12H,3-8H2,1-2H3. The van der Waals surface area contributed by atoms with E-state index in [1.165, 1.54) is 29.3 Å². The highest BCUT2D eigenvalue weighted by Crippen LogP contribution is 2.07. The Kier molecular flexibility index (Phi) is 6.47. The summed E-state index contributed by atoms with van der Waals surface area (Å²) in [5, 5.41) is 10.7. The Morgan fingerprint density at radius 3 is 2.67 bits per heavy atom. The first-order chi connectivity index (χ1) is 7.34. The monoisotopic (exact) mass is 228 g/mol. The van der Waals surface area contributed by atoms with Gasteiger partial charge in [-0.2, -0.15) is 0 Å². The molecule has 5 heteroatoms. The molecule has 86 valence electrons. The molecule has 0 radical (unpaired) electrons. The van der Waals surface area contributed by atoms with E-state index in [9.17, 15) is 0 Å². The normalized spacial score (nSPS) is 10.8. The molecule has 1 aromatic heterocycles. The molecule has 1 heterocycles. The maximum absolute atomic E-state index is 3.97. The Morgan fingerprint density at radius 2 is 2.00 bits per heavy atom. The molecule has 4 nitrogen and oxygen atoms in total. The van der Waals surface area contributed by atoms with Gasteiger partial charge in [0.1, 0.15) is 0 Å². The summed E-state index contributed by atoms with van der Waals surface area (Å²) in [6.45, 7) is 8.36. The van der Waals surface area contributed by atoms with Crippen molar-refractivity contribution in [3.63, 3.8) is 0 Å². The van der Waals surface area contributed by atoms with Gasteiger partial charge in [0.15, 0.2) is 0 Å². The van der Waals surface area contributed by atoms with Crippen LogP contribution in [0.4, 0.5) is 0 Å². The van der Waals surface area contributed by atoms with Crippen LogP contribution in [0.5, 0.6) is 0 Å². The SMILES string of the molecule is CCCNCCCNCc1snnc1C. The van der Waals surface area contributed by atoms with Gasteiger partial charge in [-0.05, 0) is 50.9 Å². The molecule has 0 spiro atoms.